The minimum Gasteiger partial charge on any atom is -0.391 e. The summed E-state index contributed by atoms with van der Waals surface area (Å²) in [6.07, 6.45) is 1.40. The molecule has 1 rings (SSSR count). The van der Waals surface area contributed by atoms with E-state index in [1.165, 1.54) is 0 Å². The van der Waals surface area contributed by atoms with Gasteiger partial charge in [-0.3, -0.25) is 0 Å². The average Bonchev–Trinajstić information content (AvgIpc) is 2.19. The van der Waals surface area contributed by atoms with Crippen molar-refractivity contribution in [2.75, 3.05) is 26.2 Å². The highest BCUT2D eigenvalue weighted by Crippen LogP contribution is 2.11. The largest absolute Gasteiger partial charge is 0.391 e. The SMILES string of the molecule is CCN(CC)C(=O)N1CCC[C@H](O)C1. The fourth-order valence-electron chi connectivity index (χ4n) is 1.82. The lowest BCUT2D eigenvalue weighted by Crippen LogP contribution is -2.48. The number of rotatable bonds is 2. The maximum atomic E-state index is 11.8. The van der Waals surface area contributed by atoms with Crippen molar-refractivity contribution in [1.29, 1.82) is 0 Å². The summed E-state index contributed by atoms with van der Waals surface area (Å²) >= 11 is 0. The van der Waals surface area contributed by atoms with E-state index in [1.54, 1.807) is 9.80 Å². The summed E-state index contributed by atoms with van der Waals surface area (Å²) in [6.45, 7) is 6.70. The van der Waals surface area contributed by atoms with Crippen LogP contribution in [0.2, 0.25) is 0 Å². The number of amides is 2. The Kier molecular flexibility index (Phi) is 4.20. The lowest BCUT2D eigenvalue weighted by atomic mass is 10.1. The molecule has 1 aliphatic heterocycles. The van der Waals surface area contributed by atoms with Crippen molar-refractivity contribution in [3.8, 4) is 0 Å². The van der Waals surface area contributed by atoms with E-state index in [0.29, 0.717) is 6.54 Å². The van der Waals surface area contributed by atoms with E-state index < -0.39 is 0 Å². The zero-order valence-electron chi connectivity index (χ0n) is 9.07. The van der Waals surface area contributed by atoms with Gasteiger partial charge >= 0.3 is 6.03 Å². The Bertz CT molecular complexity index is 193. The molecule has 4 heteroatoms. The predicted octanol–water partition coefficient (Wildman–Crippen LogP) is 0.905. The van der Waals surface area contributed by atoms with E-state index in [0.717, 1.165) is 32.5 Å². The predicted molar refractivity (Wildman–Crippen MR) is 55.1 cm³/mol. The Morgan fingerprint density at radius 2 is 2.14 bits per heavy atom. The van der Waals surface area contributed by atoms with E-state index in [1.807, 2.05) is 13.8 Å². The average molecular weight is 200 g/mol. The second kappa shape index (κ2) is 5.20. The summed E-state index contributed by atoms with van der Waals surface area (Å²) in [5, 5.41) is 9.44. The topological polar surface area (TPSA) is 43.8 Å². The lowest BCUT2D eigenvalue weighted by molar-refractivity contribution is 0.0722. The van der Waals surface area contributed by atoms with Gasteiger partial charge in [0.2, 0.25) is 0 Å². The van der Waals surface area contributed by atoms with Crippen LogP contribution in [0.1, 0.15) is 26.7 Å². The first kappa shape index (κ1) is 11.3. The zero-order valence-corrected chi connectivity index (χ0v) is 9.07. The van der Waals surface area contributed by atoms with Crippen LogP contribution < -0.4 is 0 Å². The minimum atomic E-state index is -0.330. The molecule has 0 radical (unpaired) electrons. The van der Waals surface area contributed by atoms with E-state index >= 15 is 0 Å². The highest BCUT2D eigenvalue weighted by molar-refractivity contribution is 5.74. The van der Waals surface area contributed by atoms with Gasteiger partial charge in [-0.05, 0) is 26.7 Å². The molecule has 1 heterocycles. The molecular weight excluding hydrogens is 180 g/mol. The highest BCUT2D eigenvalue weighted by Gasteiger charge is 2.24. The van der Waals surface area contributed by atoms with Gasteiger partial charge in [-0.2, -0.15) is 0 Å². The van der Waals surface area contributed by atoms with Crippen molar-refractivity contribution in [3.63, 3.8) is 0 Å². The van der Waals surface area contributed by atoms with Gasteiger partial charge in [0, 0.05) is 26.2 Å². The molecule has 0 aromatic rings. The number of hydrogen-bond acceptors (Lipinski definition) is 2. The molecule has 0 spiro atoms. The molecule has 0 saturated carbocycles. The van der Waals surface area contributed by atoms with Crippen LogP contribution in [0.5, 0.6) is 0 Å². The monoisotopic (exact) mass is 200 g/mol. The molecule has 82 valence electrons. The summed E-state index contributed by atoms with van der Waals surface area (Å²) in [6, 6.07) is 0.0637. The van der Waals surface area contributed by atoms with Crippen LogP contribution >= 0.6 is 0 Å². The Morgan fingerprint density at radius 3 is 2.64 bits per heavy atom. The first-order valence-corrected chi connectivity index (χ1v) is 5.41. The summed E-state index contributed by atoms with van der Waals surface area (Å²) in [5.41, 5.74) is 0. The molecule has 0 bridgehead atoms. The van der Waals surface area contributed by atoms with E-state index in [-0.39, 0.29) is 12.1 Å². The molecular formula is C10H20N2O2. The van der Waals surface area contributed by atoms with Gasteiger partial charge in [0.15, 0.2) is 0 Å². The number of likely N-dealkylation sites (tertiary alicyclic amines) is 1. The van der Waals surface area contributed by atoms with E-state index in [2.05, 4.69) is 0 Å². The van der Waals surface area contributed by atoms with Gasteiger partial charge in [0.1, 0.15) is 0 Å². The summed E-state index contributed by atoms with van der Waals surface area (Å²) in [4.78, 5) is 15.4. The molecule has 0 aliphatic carbocycles. The first-order chi connectivity index (χ1) is 6.69. The number of piperidine rings is 1. The Labute approximate surface area is 85.5 Å². The highest BCUT2D eigenvalue weighted by atomic mass is 16.3. The number of aliphatic hydroxyl groups is 1. The number of hydrogen-bond donors (Lipinski definition) is 1. The summed E-state index contributed by atoms with van der Waals surface area (Å²) in [7, 11) is 0. The van der Waals surface area contributed by atoms with Crippen molar-refractivity contribution in [3.05, 3.63) is 0 Å². The number of carbonyl (C=O) groups excluding carboxylic acids is 1. The molecule has 1 aliphatic rings. The third-order valence-electron chi connectivity index (χ3n) is 2.70. The van der Waals surface area contributed by atoms with Crippen LogP contribution in [0.25, 0.3) is 0 Å². The standard InChI is InChI=1S/C10H20N2O2/c1-3-11(4-2)10(14)12-7-5-6-9(13)8-12/h9,13H,3-8H2,1-2H3/t9-/m0/s1. The van der Waals surface area contributed by atoms with Gasteiger partial charge in [0.05, 0.1) is 6.10 Å². The summed E-state index contributed by atoms with van der Waals surface area (Å²) < 4.78 is 0. The van der Waals surface area contributed by atoms with E-state index in [9.17, 15) is 9.90 Å². The molecule has 0 aromatic carbocycles. The van der Waals surface area contributed by atoms with Gasteiger partial charge in [-0.1, -0.05) is 0 Å². The van der Waals surface area contributed by atoms with Gasteiger partial charge in [-0.25, -0.2) is 4.79 Å². The van der Waals surface area contributed by atoms with Crippen LogP contribution in [0.15, 0.2) is 0 Å². The van der Waals surface area contributed by atoms with Crippen LogP contribution in [0.3, 0.4) is 0 Å². The lowest BCUT2D eigenvalue weighted by Gasteiger charge is -2.34. The van der Waals surface area contributed by atoms with E-state index in [4.69, 9.17) is 0 Å². The molecule has 0 unspecified atom stereocenters. The Morgan fingerprint density at radius 1 is 1.50 bits per heavy atom. The quantitative estimate of drug-likeness (QED) is 0.720. The first-order valence-electron chi connectivity index (χ1n) is 5.41. The molecule has 0 aromatic heterocycles. The van der Waals surface area contributed by atoms with Crippen LogP contribution in [0, 0.1) is 0 Å². The van der Waals surface area contributed by atoms with Gasteiger partial charge in [-0.15, -0.1) is 0 Å². The number of nitrogens with zero attached hydrogens (tertiary/aromatic N) is 2. The van der Waals surface area contributed by atoms with Crippen molar-refractivity contribution in [2.24, 2.45) is 0 Å². The fourth-order valence-corrected chi connectivity index (χ4v) is 1.82. The molecule has 1 saturated heterocycles. The van der Waals surface area contributed by atoms with Crippen LogP contribution in [-0.4, -0.2) is 53.2 Å². The molecule has 2 amide bonds. The van der Waals surface area contributed by atoms with Crippen molar-refractivity contribution in [1.82, 2.24) is 9.80 Å². The Balaban J connectivity index is 2.50. The molecule has 1 fully saturated rings. The third-order valence-corrected chi connectivity index (χ3v) is 2.70. The molecule has 14 heavy (non-hydrogen) atoms. The van der Waals surface area contributed by atoms with Gasteiger partial charge < -0.3 is 14.9 Å². The van der Waals surface area contributed by atoms with Crippen molar-refractivity contribution < 1.29 is 9.90 Å². The van der Waals surface area contributed by atoms with Crippen LogP contribution in [0.4, 0.5) is 4.79 Å². The molecule has 1 N–H and O–H groups in total. The smallest absolute Gasteiger partial charge is 0.320 e. The van der Waals surface area contributed by atoms with Crippen molar-refractivity contribution >= 4 is 6.03 Å². The Hall–Kier alpha value is -0.770. The number of aliphatic hydroxyl groups excluding tert-OH is 1. The normalized spacial score (nSPS) is 22.2. The second-order valence-electron chi connectivity index (χ2n) is 3.70. The van der Waals surface area contributed by atoms with Gasteiger partial charge in [0.25, 0.3) is 0 Å². The zero-order chi connectivity index (χ0) is 10.6. The number of carbonyl (C=O) groups is 1. The molecule has 1 atom stereocenters. The van der Waals surface area contributed by atoms with Crippen LogP contribution in [-0.2, 0) is 0 Å². The molecule has 4 nitrogen and oxygen atoms in total. The third kappa shape index (κ3) is 2.61. The second-order valence-corrected chi connectivity index (χ2v) is 3.70. The fraction of sp³-hybridized carbons (Fsp3) is 0.900. The number of β-amino-alcohol motifs (C(OH)–C–C–N with tert-alkyl or cyclic N) is 1. The minimum absolute atomic E-state index is 0.0637. The maximum absolute atomic E-state index is 11.8. The van der Waals surface area contributed by atoms with Crippen molar-refractivity contribution in [2.45, 2.75) is 32.8 Å². The maximum Gasteiger partial charge on any atom is 0.320 e. The summed E-state index contributed by atoms with van der Waals surface area (Å²) in [5.74, 6) is 0. The number of urea groups is 1.